The Kier molecular flexibility index (Phi) is 5.57. The van der Waals surface area contributed by atoms with Crippen LogP contribution in [0.15, 0.2) is 18.2 Å². The van der Waals surface area contributed by atoms with Gasteiger partial charge in [-0.25, -0.2) is 12.8 Å². The second kappa shape index (κ2) is 7.09. The van der Waals surface area contributed by atoms with Gasteiger partial charge in [-0.1, -0.05) is 13.8 Å². The van der Waals surface area contributed by atoms with E-state index in [2.05, 4.69) is 18.6 Å². The Labute approximate surface area is 140 Å². The van der Waals surface area contributed by atoms with Crippen molar-refractivity contribution in [3.05, 3.63) is 29.6 Å². The molecule has 2 rings (SSSR count). The summed E-state index contributed by atoms with van der Waals surface area (Å²) in [5.41, 5.74) is 0.156. The zero-order valence-corrected chi connectivity index (χ0v) is 15.0. The van der Waals surface area contributed by atoms with Gasteiger partial charge in [0.05, 0.1) is 17.5 Å². The molecular formula is C15H21FN2O3S2. The van der Waals surface area contributed by atoms with Crippen molar-refractivity contribution in [1.82, 2.24) is 4.90 Å². The molecule has 1 unspecified atom stereocenters. The van der Waals surface area contributed by atoms with Gasteiger partial charge in [-0.15, -0.1) is 0 Å². The predicted molar refractivity (Wildman–Crippen MR) is 91.9 cm³/mol. The molecule has 1 saturated heterocycles. The number of halogens is 1. The van der Waals surface area contributed by atoms with Crippen molar-refractivity contribution in [1.29, 1.82) is 0 Å². The lowest BCUT2D eigenvalue weighted by molar-refractivity contribution is 0.0756. The van der Waals surface area contributed by atoms with Gasteiger partial charge in [-0.3, -0.25) is 9.52 Å². The van der Waals surface area contributed by atoms with E-state index in [1.807, 2.05) is 11.8 Å². The number of rotatable bonds is 4. The first-order valence-electron chi connectivity index (χ1n) is 7.35. The maximum absolute atomic E-state index is 13.6. The van der Waals surface area contributed by atoms with Gasteiger partial charge in [-0.2, -0.15) is 11.8 Å². The summed E-state index contributed by atoms with van der Waals surface area (Å²) in [4.78, 5) is 14.4. The second-order valence-electron chi connectivity index (χ2n) is 5.97. The van der Waals surface area contributed by atoms with E-state index in [1.54, 1.807) is 4.90 Å². The topological polar surface area (TPSA) is 66.5 Å². The lowest BCUT2D eigenvalue weighted by Gasteiger charge is -2.34. The number of amides is 1. The molecule has 1 fully saturated rings. The van der Waals surface area contributed by atoms with E-state index in [1.165, 1.54) is 6.07 Å². The van der Waals surface area contributed by atoms with Crippen LogP contribution in [0.25, 0.3) is 0 Å². The van der Waals surface area contributed by atoms with Gasteiger partial charge in [0.15, 0.2) is 0 Å². The van der Waals surface area contributed by atoms with Gasteiger partial charge in [0.1, 0.15) is 5.82 Å². The molecule has 1 aliphatic heterocycles. The van der Waals surface area contributed by atoms with Crippen molar-refractivity contribution in [3.8, 4) is 0 Å². The molecule has 1 aromatic rings. The van der Waals surface area contributed by atoms with Gasteiger partial charge >= 0.3 is 0 Å². The normalized spacial score (nSPS) is 19.0. The van der Waals surface area contributed by atoms with Crippen LogP contribution in [0.2, 0.25) is 0 Å². The molecule has 1 aromatic carbocycles. The molecule has 1 atom stereocenters. The van der Waals surface area contributed by atoms with Crippen LogP contribution in [0, 0.1) is 11.7 Å². The first-order chi connectivity index (χ1) is 10.7. The van der Waals surface area contributed by atoms with Gasteiger partial charge < -0.3 is 4.90 Å². The summed E-state index contributed by atoms with van der Waals surface area (Å²) in [6.45, 7) is 5.35. The van der Waals surface area contributed by atoms with Crippen LogP contribution in [-0.4, -0.2) is 49.6 Å². The molecule has 0 saturated carbocycles. The third-order valence-electron chi connectivity index (χ3n) is 3.63. The van der Waals surface area contributed by atoms with Crippen molar-refractivity contribution in [2.45, 2.75) is 19.1 Å². The maximum Gasteiger partial charge on any atom is 0.256 e. The number of nitrogens with one attached hydrogen (secondary N) is 1. The zero-order valence-electron chi connectivity index (χ0n) is 13.4. The van der Waals surface area contributed by atoms with E-state index in [4.69, 9.17) is 0 Å². The van der Waals surface area contributed by atoms with E-state index in [0.717, 1.165) is 24.1 Å². The number of anilines is 1. The highest BCUT2D eigenvalue weighted by molar-refractivity contribution is 8.00. The number of hydrogen-bond donors (Lipinski definition) is 1. The Morgan fingerprint density at radius 2 is 2.13 bits per heavy atom. The smallest absolute Gasteiger partial charge is 0.256 e. The summed E-state index contributed by atoms with van der Waals surface area (Å²) in [6, 6.07) is 3.50. The Hall–Kier alpha value is -1.28. The summed E-state index contributed by atoms with van der Waals surface area (Å²) < 4.78 is 38.7. The molecule has 0 radical (unpaired) electrons. The number of carbonyl (C=O) groups is 1. The fourth-order valence-corrected chi connectivity index (χ4v) is 4.29. The number of thioether (sulfide) groups is 1. The molecule has 0 bridgehead atoms. The van der Waals surface area contributed by atoms with E-state index in [0.29, 0.717) is 24.3 Å². The lowest BCUT2D eigenvalue weighted by atomic mass is 10.1. The van der Waals surface area contributed by atoms with Crippen molar-refractivity contribution in [3.63, 3.8) is 0 Å². The first-order valence-corrected chi connectivity index (χ1v) is 10.3. The van der Waals surface area contributed by atoms with Crippen LogP contribution in [0.5, 0.6) is 0 Å². The number of sulfonamides is 1. The fraction of sp³-hybridized carbons (Fsp3) is 0.533. The average molecular weight is 360 g/mol. The SMILES string of the molecule is CC(C)C1CN(C(=O)c2cc(F)ccc2NS(C)(=O)=O)CCS1. The van der Waals surface area contributed by atoms with Crippen molar-refractivity contribution < 1.29 is 17.6 Å². The van der Waals surface area contributed by atoms with Crippen LogP contribution in [0.4, 0.5) is 10.1 Å². The third-order valence-corrected chi connectivity index (χ3v) is 5.76. The monoisotopic (exact) mass is 360 g/mol. The number of carbonyl (C=O) groups excluding carboxylic acids is 1. The van der Waals surface area contributed by atoms with Crippen LogP contribution < -0.4 is 4.72 Å². The molecule has 0 aromatic heterocycles. The molecular weight excluding hydrogens is 339 g/mol. The minimum absolute atomic E-state index is 0.0461. The predicted octanol–water partition coefficient (Wildman–Crippen LogP) is 2.41. The minimum atomic E-state index is -3.55. The number of benzene rings is 1. The van der Waals surface area contributed by atoms with Crippen LogP contribution in [-0.2, 0) is 10.0 Å². The maximum atomic E-state index is 13.6. The third kappa shape index (κ3) is 4.84. The van der Waals surface area contributed by atoms with Gasteiger partial charge in [-0.05, 0) is 24.1 Å². The van der Waals surface area contributed by atoms with Gasteiger partial charge in [0.25, 0.3) is 5.91 Å². The molecule has 1 amide bonds. The highest BCUT2D eigenvalue weighted by Gasteiger charge is 2.28. The largest absolute Gasteiger partial charge is 0.337 e. The van der Waals surface area contributed by atoms with Crippen molar-refractivity contribution >= 4 is 33.4 Å². The van der Waals surface area contributed by atoms with E-state index in [-0.39, 0.29) is 17.2 Å². The summed E-state index contributed by atoms with van der Waals surface area (Å²) in [5, 5.41) is 0.326. The minimum Gasteiger partial charge on any atom is -0.337 e. The molecule has 1 aliphatic rings. The summed E-state index contributed by atoms with van der Waals surface area (Å²) in [7, 11) is -3.55. The molecule has 1 heterocycles. The number of hydrogen-bond acceptors (Lipinski definition) is 4. The molecule has 5 nitrogen and oxygen atoms in total. The fourth-order valence-electron chi connectivity index (χ4n) is 2.42. The van der Waals surface area contributed by atoms with Gasteiger partial charge in [0.2, 0.25) is 10.0 Å². The van der Waals surface area contributed by atoms with Crippen molar-refractivity contribution in [2.75, 3.05) is 29.8 Å². The van der Waals surface area contributed by atoms with E-state index >= 15 is 0 Å². The molecule has 8 heteroatoms. The Morgan fingerprint density at radius 3 is 2.74 bits per heavy atom. The highest BCUT2D eigenvalue weighted by Crippen LogP contribution is 2.27. The van der Waals surface area contributed by atoms with Gasteiger partial charge in [0, 0.05) is 24.1 Å². The molecule has 0 aliphatic carbocycles. The van der Waals surface area contributed by atoms with E-state index in [9.17, 15) is 17.6 Å². The highest BCUT2D eigenvalue weighted by atomic mass is 32.2. The summed E-state index contributed by atoms with van der Waals surface area (Å²) in [6.07, 6.45) is 0.997. The van der Waals surface area contributed by atoms with Crippen LogP contribution in [0.1, 0.15) is 24.2 Å². The summed E-state index contributed by atoms with van der Waals surface area (Å²) >= 11 is 1.83. The second-order valence-corrected chi connectivity index (χ2v) is 9.06. The molecule has 1 N–H and O–H groups in total. The molecule has 23 heavy (non-hydrogen) atoms. The standard InChI is InChI=1S/C15H21FN2O3S2/c1-10(2)14-9-18(6-7-22-14)15(19)12-8-11(16)4-5-13(12)17-23(3,20)21/h4-5,8,10,14,17H,6-7,9H2,1-3H3. The zero-order chi connectivity index (χ0) is 17.2. The Bertz CT molecular complexity index is 692. The lowest BCUT2D eigenvalue weighted by Crippen LogP contribution is -2.43. The molecule has 0 spiro atoms. The first kappa shape index (κ1) is 18.1. The van der Waals surface area contributed by atoms with Crippen molar-refractivity contribution in [2.24, 2.45) is 5.92 Å². The van der Waals surface area contributed by atoms with E-state index < -0.39 is 15.8 Å². The Balaban J connectivity index is 2.29. The molecule has 128 valence electrons. The average Bonchev–Trinajstić information content (AvgIpc) is 2.47. The quantitative estimate of drug-likeness (QED) is 0.895. The van der Waals surface area contributed by atoms with Crippen LogP contribution in [0.3, 0.4) is 0 Å². The number of nitrogens with zero attached hydrogens (tertiary/aromatic N) is 1. The Morgan fingerprint density at radius 1 is 1.43 bits per heavy atom. The van der Waals surface area contributed by atoms with Crippen LogP contribution >= 0.6 is 11.8 Å². The summed E-state index contributed by atoms with van der Waals surface area (Å²) in [5.74, 6) is 0.330.